The first-order chi connectivity index (χ1) is 10.9. The molecule has 0 spiro atoms. The minimum absolute atomic E-state index is 0. The third kappa shape index (κ3) is 5.49. The van der Waals surface area contributed by atoms with Crippen LogP contribution in [0.2, 0.25) is 0 Å². The molecule has 0 fully saturated rings. The fourth-order valence-corrected chi connectivity index (χ4v) is 3.97. The SMILES string of the molecule is COCC(C)NC(N)=NCCS(=O)(=O)N1CCc2ccccc21.I. The molecule has 1 aliphatic rings. The maximum absolute atomic E-state index is 12.5. The van der Waals surface area contributed by atoms with Gasteiger partial charge in [0.2, 0.25) is 10.0 Å². The molecule has 3 N–H and O–H groups in total. The van der Waals surface area contributed by atoms with E-state index in [1.165, 1.54) is 4.31 Å². The summed E-state index contributed by atoms with van der Waals surface area (Å²) in [6.45, 7) is 3.02. The van der Waals surface area contributed by atoms with Gasteiger partial charge >= 0.3 is 0 Å². The molecular formula is C15H25IN4O3S. The molecule has 1 heterocycles. The molecule has 0 aliphatic carbocycles. The van der Waals surface area contributed by atoms with Gasteiger partial charge in [-0.05, 0) is 25.0 Å². The number of aliphatic imine (C=N–C) groups is 1. The Kier molecular flexibility index (Phi) is 8.23. The van der Waals surface area contributed by atoms with Gasteiger partial charge in [-0.15, -0.1) is 24.0 Å². The van der Waals surface area contributed by atoms with E-state index in [2.05, 4.69) is 10.3 Å². The van der Waals surface area contributed by atoms with Crippen molar-refractivity contribution in [2.45, 2.75) is 19.4 Å². The lowest BCUT2D eigenvalue weighted by molar-refractivity contribution is 0.179. The van der Waals surface area contributed by atoms with Crippen molar-refractivity contribution in [3.63, 3.8) is 0 Å². The molecule has 0 saturated carbocycles. The summed E-state index contributed by atoms with van der Waals surface area (Å²) in [5.41, 5.74) is 7.58. The number of benzene rings is 1. The van der Waals surface area contributed by atoms with Crippen LogP contribution in [0.25, 0.3) is 0 Å². The Morgan fingerprint density at radius 2 is 2.17 bits per heavy atom. The van der Waals surface area contributed by atoms with E-state index in [0.717, 1.165) is 17.7 Å². The van der Waals surface area contributed by atoms with Crippen LogP contribution in [0.3, 0.4) is 0 Å². The van der Waals surface area contributed by atoms with Crippen LogP contribution in [-0.2, 0) is 21.2 Å². The van der Waals surface area contributed by atoms with Crippen molar-refractivity contribution in [2.24, 2.45) is 10.7 Å². The van der Waals surface area contributed by atoms with Crippen LogP contribution in [0.15, 0.2) is 29.3 Å². The number of ether oxygens (including phenoxy) is 1. The predicted octanol–water partition coefficient (Wildman–Crippen LogP) is 0.936. The molecule has 1 unspecified atom stereocenters. The van der Waals surface area contributed by atoms with Gasteiger partial charge in [0.1, 0.15) is 0 Å². The molecule has 0 saturated heterocycles. The summed E-state index contributed by atoms with van der Waals surface area (Å²) in [4.78, 5) is 4.08. The van der Waals surface area contributed by atoms with Gasteiger partial charge < -0.3 is 15.8 Å². The highest BCUT2D eigenvalue weighted by atomic mass is 127. The number of halogens is 1. The molecule has 0 radical (unpaired) electrons. The fourth-order valence-electron chi connectivity index (χ4n) is 2.58. The zero-order chi connectivity index (χ0) is 16.9. The van der Waals surface area contributed by atoms with E-state index in [4.69, 9.17) is 10.5 Å². The van der Waals surface area contributed by atoms with Crippen LogP contribution < -0.4 is 15.4 Å². The number of anilines is 1. The first-order valence-electron chi connectivity index (χ1n) is 7.58. The van der Waals surface area contributed by atoms with Gasteiger partial charge in [-0.1, -0.05) is 18.2 Å². The Morgan fingerprint density at radius 1 is 1.46 bits per heavy atom. The number of guanidine groups is 1. The third-order valence-corrected chi connectivity index (χ3v) is 5.37. The second kappa shape index (κ2) is 9.42. The third-order valence-electron chi connectivity index (χ3n) is 3.62. The summed E-state index contributed by atoms with van der Waals surface area (Å²) >= 11 is 0. The normalized spacial score (nSPS) is 15.6. The van der Waals surface area contributed by atoms with Crippen molar-refractivity contribution in [3.05, 3.63) is 29.8 Å². The summed E-state index contributed by atoms with van der Waals surface area (Å²) in [7, 11) is -1.79. The molecule has 1 aromatic carbocycles. The first-order valence-corrected chi connectivity index (χ1v) is 9.18. The number of nitrogens with zero attached hydrogens (tertiary/aromatic N) is 2. The van der Waals surface area contributed by atoms with E-state index in [1.807, 2.05) is 31.2 Å². The number of nitrogens with one attached hydrogen (secondary N) is 1. The predicted molar refractivity (Wildman–Crippen MR) is 108 cm³/mol. The molecule has 9 heteroatoms. The largest absolute Gasteiger partial charge is 0.383 e. The Labute approximate surface area is 160 Å². The zero-order valence-corrected chi connectivity index (χ0v) is 17.1. The number of hydrogen-bond donors (Lipinski definition) is 2. The van der Waals surface area contributed by atoms with Crippen LogP contribution in [0.5, 0.6) is 0 Å². The highest BCUT2D eigenvalue weighted by Gasteiger charge is 2.28. The van der Waals surface area contributed by atoms with Crippen LogP contribution in [0.1, 0.15) is 12.5 Å². The maximum Gasteiger partial charge on any atom is 0.237 e. The Hall–Kier alpha value is -1.07. The Bertz CT molecular complexity index is 666. The zero-order valence-electron chi connectivity index (χ0n) is 13.9. The molecule has 2 rings (SSSR count). The van der Waals surface area contributed by atoms with Crippen molar-refractivity contribution >= 4 is 45.6 Å². The molecule has 1 aromatic rings. The number of hydrogen-bond acceptors (Lipinski definition) is 4. The number of methoxy groups -OCH3 is 1. The van der Waals surface area contributed by atoms with Crippen LogP contribution in [0.4, 0.5) is 5.69 Å². The van der Waals surface area contributed by atoms with Gasteiger partial charge in [-0.2, -0.15) is 0 Å². The van der Waals surface area contributed by atoms with E-state index < -0.39 is 10.0 Å². The second-order valence-electron chi connectivity index (χ2n) is 5.53. The van der Waals surface area contributed by atoms with Gasteiger partial charge in [0, 0.05) is 19.7 Å². The van der Waals surface area contributed by atoms with Crippen LogP contribution in [-0.4, -0.2) is 53.0 Å². The van der Waals surface area contributed by atoms with Gasteiger partial charge in [0.15, 0.2) is 5.96 Å². The highest BCUT2D eigenvalue weighted by Crippen LogP contribution is 2.29. The summed E-state index contributed by atoms with van der Waals surface area (Å²) in [5.74, 6) is 0.161. The molecule has 136 valence electrons. The van der Waals surface area contributed by atoms with Crippen molar-refractivity contribution in [1.29, 1.82) is 0 Å². The lowest BCUT2D eigenvalue weighted by Gasteiger charge is -2.19. The van der Waals surface area contributed by atoms with Gasteiger partial charge in [0.25, 0.3) is 0 Å². The topological polar surface area (TPSA) is 97.0 Å². The molecule has 7 nitrogen and oxygen atoms in total. The molecule has 0 bridgehead atoms. The van der Waals surface area contributed by atoms with Crippen molar-refractivity contribution < 1.29 is 13.2 Å². The Balaban J connectivity index is 0.00000288. The lowest BCUT2D eigenvalue weighted by atomic mass is 10.2. The first kappa shape index (κ1) is 21.0. The highest BCUT2D eigenvalue weighted by molar-refractivity contribution is 14.0. The summed E-state index contributed by atoms with van der Waals surface area (Å²) in [6, 6.07) is 7.59. The van der Waals surface area contributed by atoms with Crippen molar-refractivity contribution in [3.8, 4) is 0 Å². The van der Waals surface area contributed by atoms with E-state index >= 15 is 0 Å². The van der Waals surface area contributed by atoms with Gasteiger partial charge in [-0.25, -0.2) is 8.42 Å². The smallest absolute Gasteiger partial charge is 0.237 e. The van der Waals surface area contributed by atoms with Crippen LogP contribution >= 0.6 is 24.0 Å². The summed E-state index contributed by atoms with van der Waals surface area (Å²) < 4.78 is 31.4. The quantitative estimate of drug-likeness (QED) is 0.353. The van der Waals surface area contributed by atoms with E-state index in [1.54, 1.807) is 7.11 Å². The monoisotopic (exact) mass is 468 g/mol. The van der Waals surface area contributed by atoms with Gasteiger partial charge in [0.05, 0.1) is 24.6 Å². The van der Waals surface area contributed by atoms with E-state index in [-0.39, 0.29) is 48.3 Å². The van der Waals surface area contributed by atoms with E-state index in [9.17, 15) is 8.42 Å². The molecular weight excluding hydrogens is 443 g/mol. The number of rotatable bonds is 7. The summed E-state index contributed by atoms with van der Waals surface area (Å²) in [5, 5.41) is 2.95. The molecule has 0 aromatic heterocycles. The van der Waals surface area contributed by atoms with Crippen molar-refractivity contribution in [2.75, 3.05) is 36.9 Å². The maximum atomic E-state index is 12.5. The fraction of sp³-hybridized carbons (Fsp3) is 0.533. The molecule has 1 atom stereocenters. The number of nitrogens with two attached hydrogens (primary N) is 1. The minimum Gasteiger partial charge on any atom is -0.383 e. The Morgan fingerprint density at radius 3 is 2.88 bits per heavy atom. The van der Waals surface area contributed by atoms with Crippen molar-refractivity contribution in [1.82, 2.24) is 5.32 Å². The van der Waals surface area contributed by atoms with E-state index in [0.29, 0.717) is 13.2 Å². The number of sulfonamides is 1. The number of para-hydroxylation sites is 1. The molecule has 1 aliphatic heterocycles. The average Bonchev–Trinajstić information content (AvgIpc) is 2.91. The molecule has 24 heavy (non-hydrogen) atoms. The van der Waals surface area contributed by atoms with Crippen LogP contribution in [0, 0.1) is 0 Å². The average molecular weight is 468 g/mol. The second-order valence-corrected chi connectivity index (χ2v) is 7.55. The standard InChI is InChI=1S/C15H24N4O3S.HI/c1-12(11-22-2)18-15(16)17-8-10-23(20,21)19-9-7-13-5-3-4-6-14(13)19;/h3-6,12H,7-11H2,1-2H3,(H3,16,17,18);1H. The number of fused-ring (bicyclic) bond motifs is 1. The summed E-state index contributed by atoms with van der Waals surface area (Å²) in [6.07, 6.45) is 0.747. The minimum atomic E-state index is -3.39. The van der Waals surface area contributed by atoms with Gasteiger partial charge in [-0.3, -0.25) is 9.30 Å². The lowest BCUT2D eigenvalue weighted by Crippen LogP contribution is -2.41. The molecule has 0 amide bonds.